The number of carbonyl (C=O) groups is 4. The highest BCUT2D eigenvalue weighted by Gasteiger charge is 2.56. The number of primary sulfonamides is 1. The van der Waals surface area contributed by atoms with Crippen molar-refractivity contribution in [2.45, 2.75) is 68.2 Å². The summed E-state index contributed by atoms with van der Waals surface area (Å²) < 4.78 is 77.9. The van der Waals surface area contributed by atoms with Gasteiger partial charge >= 0.3 is 23.9 Å². The predicted octanol–water partition coefficient (Wildman–Crippen LogP) is -1.09. The smallest absolute Gasteiger partial charge is 0.303 e. The summed E-state index contributed by atoms with van der Waals surface area (Å²) >= 11 is 0. The minimum absolute atomic E-state index is 0.0987. The molecule has 2 aromatic rings. The summed E-state index contributed by atoms with van der Waals surface area (Å²) in [6, 6.07) is 5.18. The van der Waals surface area contributed by atoms with Gasteiger partial charge in [0.05, 0.1) is 28.2 Å². The Morgan fingerprint density at radius 2 is 1.40 bits per heavy atom. The molecule has 0 bridgehead atoms. The molecular formula is C23H28N4O13S2. The molecule has 17 nitrogen and oxygen atoms in total. The number of aromatic nitrogens is 3. The van der Waals surface area contributed by atoms with Gasteiger partial charge in [-0.25, -0.2) is 26.7 Å². The number of esters is 4. The van der Waals surface area contributed by atoms with Crippen LogP contribution in [0.5, 0.6) is 0 Å². The van der Waals surface area contributed by atoms with Crippen molar-refractivity contribution in [3.63, 3.8) is 0 Å². The third-order valence-electron chi connectivity index (χ3n) is 5.62. The lowest BCUT2D eigenvalue weighted by atomic mass is 9.99. The Kier molecular flexibility index (Phi) is 10.0. The molecule has 1 aromatic carbocycles. The van der Waals surface area contributed by atoms with Gasteiger partial charge in [0.2, 0.25) is 10.0 Å². The zero-order valence-corrected chi connectivity index (χ0v) is 24.4. The minimum Gasteiger partial charge on any atom is -0.463 e. The van der Waals surface area contributed by atoms with E-state index < -0.39 is 85.9 Å². The lowest BCUT2D eigenvalue weighted by Crippen LogP contribution is -2.64. The summed E-state index contributed by atoms with van der Waals surface area (Å²) in [7, 11) is -8.45. The normalized spacial score (nSPS) is 22.5. The molecule has 2 N–H and O–H groups in total. The Hall–Kier alpha value is -3.94. The van der Waals surface area contributed by atoms with Crippen LogP contribution in [0.2, 0.25) is 0 Å². The average Bonchev–Trinajstić information content (AvgIpc) is 3.31. The number of ether oxygens (including phenoxy) is 5. The number of carbonyl (C=O) groups excluding carboxylic acids is 4. The lowest BCUT2D eigenvalue weighted by Gasteiger charge is -2.43. The molecule has 1 fully saturated rings. The second kappa shape index (κ2) is 12.9. The van der Waals surface area contributed by atoms with Crippen LogP contribution in [0.3, 0.4) is 0 Å². The molecule has 19 heteroatoms. The van der Waals surface area contributed by atoms with E-state index >= 15 is 0 Å². The summed E-state index contributed by atoms with van der Waals surface area (Å²) in [5.74, 6) is -4.34. The molecule has 0 aliphatic carbocycles. The molecule has 1 aliphatic heterocycles. The van der Waals surface area contributed by atoms with Gasteiger partial charge in [0.25, 0.3) is 0 Å². The van der Waals surface area contributed by atoms with Gasteiger partial charge in [0, 0.05) is 27.7 Å². The first-order chi connectivity index (χ1) is 19.5. The monoisotopic (exact) mass is 632 g/mol. The van der Waals surface area contributed by atoms with Crippen LogP contribution >= 0.6 is 0 Å². The van der Waals surface area contributed by atoms with Gasteiger partial charge in [-0.2, -0.15) is 0 Å². The van der Waals surface area contributed by atoms with Crippen LogP contribution in [0.25, 0.3) is 5.69 Å². The SMILES string of the molecule is CC(=O)OC[C@@H]1OC(S(=O)(=O)Cc2cn(-c3ccc(S(N)(=O)=O)cc3)nn2)[C@@H](OC(C)=O)[C@H](OC(C)=O)[C@@H]1OC(C)=O. The highest BCUT2D eigenvalue weighted by atomic mass is 32.2. The van der Waals surface area contributed by atoms with Crippen molar-refractivity contribution >= 4 is 43.7 Å². The number of hydrogen-bond donors (Lipinski definition) is 1. The van der Waals surface area contributed by atoms with E-state index in [2.05, 4.69) is 10.3 Å². The number of hydrogen-bond acceptors (Lipinski definition) is 15. The van der Waals surface area contributed by atoms with E-state index in [-0.39, 0.29) is 10.6 Å². The number of rotatable bonds is 10. The van der Waals surface area contributed by atoms with Crippen LogP contribution < -0.4 is 5.14 Å². The van der Waals surface area contributed by atoms with E-state index in [0.717, 1.165) is 27.7 Å². The van der Waals surface area contributed by atoms with Crippen molar-refractivity contribution in [2.75, 3.05) is 6.61 Å². The van der Waals surface area contributed by atoms with Crippen molar-refractivity contribution in [2.24, 2.45) is 5.14 Å². The molecule has 1 aliphatic rings. The molecule has 5 atom stereocenters. The molecular weight excluding hydrogens is 604 g/mol. The minimum atomic E-state index is -4.50. The summed E-state index contributed by atoms with van der Waals surface area (Å²) in [5, 5.41) is 12.8. The van der Waals surface area contributed by atoms with E-state index in [0.29, 0.717) is 5.69 Å². The molecule has 0 saturated carbocycles. The van der Waals surface area contributed by atoms with Crippen LogP contribution in [0.4, 0.5) is 0 Å². The fourth-order valence-electron chi connectivity index (χ4n) is 4.05. The van der Waals surface area contributed by atoms with E-state index in [4.69, 9.17) is 28.8 Å². The fourth-order valence-corrected chi connectivity index (χ4v) is 6.20. The van der Waals surface area contributed by atoms with Crippen LogP contribution in [0.15, 0.2) is 35.4 Å². The molecule has 3 rings (SSSR count). The van der Waals surface area contributed by atoms with Gasteiger partial charge in [0.1, 0.15) is 12.7 Å². The van der Waals surface area contributed by atoms with E-state index in [1.54, 1.807) is 0 Å². The zero-order chi connectivity index (χ0) is 31.4. The number of sulfone groups is 1. The first-order valence-electron chi connectivity index (χ1n) is 12.0. The highest BCUT2D eigenvalue weighted by Crippen LogP contribution is 2.33. The lowest BCUT2D eigenvalue weighted by molar-refractivity contribution is -0.238. The summed E-state index contributed by atoms with van der Waals surface area (Å²) in [6.07, 6.45) is -5.22. The summed E-state index contributed by atoms with van der Waals surface area (Å²) in [6.45, 7) is 3.49. The maximum atomic E-state index is 13.7. The van der Waals surface area contributed by atoms with Gasteiger partial charge in [-0.3, -0.25) is 19.2 Å². The van der Waals surface area contributed by atoms with Crippen molar-refractivity contribution in [3.8, 4) is 5.69 Å². The van der Waals surface area contributed by atoms with Crippen LogP contribution in [0.1, 0.15) is 33.4 Å². The Morgan fingerprint density at radius 3 is 1.93 bits per heavy atom. The quantitative estimate of drug-likeness (QED) is 0.242. The van der Waals surface area contributed by atoms with Gasteiger partial charge in [-0.1, -0.05) is 5.21 Å². The number of benzene rings is 1. The van der Waals surface area contributed by atoms with E-state index in [1.807, 2.05) is 0 Å². The third kappa shape index (κ3) is 8.30. The van der Waals surface area contributed by atoms with Crippen LogP contribution in [-0.2, 0) is 68.5 Å². The molecule has 2 heterocycles. The molecule has 230 valence electrons. The maximum Gasteiger partial charge on any atom is 0.303 e. The Morgan fingerprint density at radius 1 is 0.857 bits per heavy atom. The summed E-state index contributed by atoms with van der Waals surface area (Å²) in [4.78, 5) is 47.1. The van der Waals surface area contributed by atoms with Crippen molar-refractivity contribution in [1.29, 1.82) is 0 Å². The first kappa shape index (κ1) is 32.6. The third-order valence-corrected chi connectivity index (χ3v) is 8.34. The van der Waals surface area contributed by atoms with Gasteiger partial charge < -0.3 is 23.7 Å². The fraction of sp³-hybridized carbons (Fsp3) is 0.478. The molecule has 1 aromatic heterocycles. The van der Waals surface area contributed by atoms with Crippen molar-refractivity contribution in [1.82, 2.24) is 15.0 Å². The van der Waals surface area contributed by atoms with Crippen LogP contribution in [-0.4, -0.2) is 92.2 Å². The number of nitrogens with two attached hydrogens (primary N) is 1. The predicted molar refractivity (Wildman–Crippen MR) is 137 cm³/mol. The topological polar surface area (TPSA) is 239 Å². The second-order valence-corrected chi connectivity index (χ2v) is 12.7. The van der Waals surface area contributed by atoms with E-state index in [9.17, 15) is 36.0 Å². The van der Waals surface area contributed by atoms with Crippen molar-refractivity contribution in [3.05, 3.63) is 36.2 Å². The number of sulfonamides is 1. The maximum absolute atomic E-state index is 13.7. The molecule has 42 heavy (non-hydrogen) atoms. The second-order valence-electron chi connectivity index (χ2n) is 9.07. The van der Waals surface area contributed by atoms with Crippen molar-refractivity contribution < 1.29 is 59.7 Å². The largest absolute Gasteiger partial charge is 0.463 e. The Bertz CT molecular complexity index is 1550. The molecule has 0 radical (unpaired) electrons. The molecule has 0 amide bonds. The Balaban J connectivity index is 1.98. The average molecular weight is 633 g/mol. The molecule has 0 spiro atoms. The molecule has 1 unspecified atom stereocenters. The van der Waals surface area contributed by atoms with E-state index in [1.165, 1.54) is 35.1 Å². The van der Waals surface area contributed by atoms with Gasteiger partial charge in [-0.15, -0.1) is 5.10 Å². The highest BCUT2D eigenvalue weighted by molar-refractivity contribution is 7.91. The zero-order valence-electron chi connectivity index (χ0n) is 22.7. The van der Waals surface area contributed by atoms with Gasteiger partial charge in [0.15, 0.2) is 33.6 Å². The summed E-state index contributed by atoms with van der Waals surface area (Å²) in [5.41, 5.74) is -1.78. The number of nitrogens with zero attached hydrogens (tertiary/aromatic N) is 3. The standard InChI is InChI=1S/C23H28N4O13S2/c1-12(28)36-10-19-20(37-13(2)29)21(38-14(3)30)22(39-15(4)31)23(40-19)41(32,33)11-16-9-27(26-25-16)17-5-7-18(8-6-17)42(24,34)35/h5-9,19-23H,10-11H2,1-4H3,(H2,24,34,35)/t19-,20+,21+,22-,23?/m0/s1. The van der Waals surface area contributed by atoms with Gasteiger partial charge in [-0.05, 0) is 24.3 Å². The Labute approximate surface area is 240 Å². The van der Waals surface area contributed by atoms with Crippen LogP contribution in [0, 0.1) is 0 Å². The molecule has 1 saturated heterocycles. The first-order valence-corrected chi connectivity index (χ1v) is 15.3.